The highest BCUT2D eigenvalue weighted by Crippen LogP contribution is 2.48. The average molecular weight is 843 g/mol. The second kappa shape index (κ2) is 20.0. The Bertz CT molecular complexity index is 1900. The molecule has 0 aliphatic carbocycles. The maximum Gasteiger partial charge on any atom is 0.529 e. The summed E-state index contributed by atoms with van der Waals surface area (Å²) in [6.07, 6.45) is -17.9. The Labute approximate surface area is 330 Å². The largest absolute Gasteiger partial charge is 0.529 e. The Hall–Kier alpha value is -5.18. The lowest BCUT2D eigenvalue weighted by atomic mass is 9.96. The zero-order valence-corrected chi connectivity index (χ0v) is 33.2. The van der Waals surface area contributed by atoms with E-state index >= 15 is 0 Å². The third-order valence-electron chi connectivity index (χ3n) is 8.06. The molecule has 11 atom stereocenters. The monoisotopic (exact) mass is 842 g/mol. The normalized spacial score (nSPS) is 27.8. The van der Waals surface area contributed by atoms with Crippen LogP contribution in [0.15, 0.2) is 42.5 Å². The molecule has 0 saturated carbocycles. The molecule has 2 aliphatic heterocycles. The Kier molecular flexibility index (Phi) is 15.7. The minimum atomic E-state index is -5.23. The molecular weight excluding hydrogens is 799 g/mol. The molecule has 0 bridgehead atoms. The predicted octanol–water partition coefficient (Wildman–Crippen LogP) is 1.96. The van der Waals surface area contributed by atoms with Crippen LogP contribution in [-0.2, 0) is 90.0 Å². The van der Waals surface area contributed by atoms with Gasteiger partial charge in [-0.2, -0.15) is 0 Å². The van der Waals surface area contributed by atoms with Crippen LogP contribution in [0.5, 0.6) is 5.75 Å². The molecule has 4 rings (SSSR count). The Balaban J connectivity index is 1.79. The van der Waals surface area contributed by atoms with Crippen molar-refractivity contribution in [2.24, 2.45) is 0 Å². The molecule has 0 aromatic heterocycles. The van der Waals surface area contributed by atoms with Crippen LogP contribution >= 0.6 is 7.82 Å². The summed E-state index contributed by atoms with van der Waals surface area (Å²) in [7, 11) is -5.23. The molecule has 22 heteroatoms. The molecule has 2 heterocycles. The van der Waals surface area contributed by atoms with Crippen molar-refractivity contribution in [1.82, 2.24) is 0 Å². The molecule has 0 amide bonds. The van der Waals surface area contributed by atoms with E-state index in [9.17, 15) is 43.0 Å². The predicted molar refractivity (Wildman–Crippen MR) is 189 cm³/mol. The van der Waals surface area contributed by atoms with Crippen LogP contribution < -0.4 is 4.52 Å². The molecule has 2 fully saturated rings. The van der Waals surface area contributed by atoms with Gasteiger partial charge >= 0.3 is 49.6 Å². The Morgan fingerprint density at radius 1 is 0.552 bits per heavy atom. The van der Waals surface area contributed by atoms with Crippen molar-refractivity contribution in [2.45, 2.75) is 110 Å². The van der Waals surface area contributed by atoms with Crippen molar-refractivity contribution in [2.75, 3.05) is 13.2 Å². The van der Waals surface area contributed by atoms with Gasteiger partial charge in [-0.25, -0.2) is 9.09 Å². The molecule has 58 heavy (non-hydrogen) atoms. The summed E-state index contributed by atoms with van der Waals surface area (Å²) in [6.45, 7) is 5.62. The highest BCUT2D eigenvalue weighted by molar-refractivity contribution is 7.47. The van der Waals surface area contributed by atoms with Gasteiger partial charge in [0.1, 0.15) is 37.3 Å². The number of esters is 7. The van der Waals surface area contributed by atoms with Crippen molar-refractivity contribution >= 4 is 60.4 Å². The van der Waals surface area contributed by atoms with E-state index in [0.29, 0.717) is 5.39 Å². The van der Waals surface area contributed by atoms with Crippen LogP contribution in [0, 0.1) is 0 Å². The Morgan fingerprint density at radius 2 is 0.983 bits per heavy atom. The number of carbonyl (C=O) groups is 7. The SMILES string of the molecule is CC(=O)OC[C@H]1O[C@@H](O[C@H]2[C@H](OC(C)=O)[C@@H](OC(C)=O)[C@@H](OP(=O)(O)Oc3ccc4ccccc4c3)O[C@@H]2COC(C)=O)[C@H](OC(C)=O)[C@@H](OC(C)=O)[C@@H]1OC(C)=O. The standard InChI is InChI=1S/C36H43O21P/c1-17(37)46-15-27-29(48-19(3)39)31(49-20(4)40)33(51-22(6)42)35(53-27)55-30-28(16-47-18(2)38)54-36(34(52-23(7)43)32(30)50-21(5)41)57-58(44,45)56-26-13-12-24-10-8-9-11-25(24)14-26/h8-14,27-36H,15-16H2,1-7H3,(H,44,45)/t27-,28-,29-,30-,31+,32+,33-,34-,35+,36-/m1/s1. The summed E-state index contributed by atoms with van der Waals surface area (Å²) in [5.41, 5.74) is 0. The van der Waals surface area contributed by atoms with Gasteiger partial charge < -0.3 is 51.9 Å². The van der Waals surface area contributed by atoms with Crippen LogP contribution in [0.3, 0.4) is 0 Å². The quantitative estimate of drug-likeness (QED) is 0.152. The molecule has 1 unspecified atom stereocenters. The first-order valence-corrected chi connectivity index (χ1v) is 19.0. The lowest BCUT2D eigenvalue weighted by Crippen LogP contribution is -2.67. The van der Waals surface area contributed by atoms with Crippen molar-refractivity contribution < 1.29 is 99.4 Å². The second-order valence-corrected chi connectivity index (χ2v) is 14.2. The fourth-order valence-corrected chi connectivity index (χ4v) is 6.92. The van der Waals surface area contributed by atoms with E-state index in [4.69, 9.17) is 56.4 Å². The van der Waals surface area contributed by atoms with E-state index in [-0.39, 0.29) is 5.75 Å². The molecule has 2 aliphatic rings. The van der Waals surface area contributed by atoms with E-state index in [2.05, 4.69) is 0 Å². The molecule has 0 spiro atoms. The van der Waals surface area contributed by atoms with Crippen molar-refractivity contribution in [3.63, 3.8) is 0 Å². The van der Waals surface area contributed by atoms with E-state index < -0.39 is 124 Å². The first-order valence-electron chi connectivity index (χ1n) is 17.5. The van der Waals surface area contributed by atoms with Crippen LogP contribution in [0.1, 0.15) is 48.5 Å². The van der Waals surface area contributed by atoms with Gasteiger partial charge in [0, 0.05) is 48.5 Å². The molecule has 0 radical (unpaired) electrons. The zero-order valence-electron chi connectivity index (χ0n) is 32.3. The van der Waals surface area contributed by atoms with E-state index in [1.54, 1.807) is 30.3 Å². The zero-order chi connectivity index (χ0) is 42.9. The molecule has 2 saturated heterocycles. The molecular formula is C36H43O21P. The van der Waals surface area contributed by atoms with E-state index in [1.165, 1.54) is 12.1 Å². The lowest BCUT2D eigenvalue weighted by molar-refractivity contribution is -0.355. The highest BCUT2D eigenvalue weighted by Gasteiger charge is 2.58. The highest BCUT2D eigenvalue weighted by atomic mass is 31.2. The fraction of sp³-hybridized carbons (Fsp3) is 0.528. The number of fused-ring (bicyclic) bond motifs is 1. The lowest BCUT2D eigenvalue weighted by Gasteiger charge is -2.48. The third-order valence-corrected chi connectivity index (χ3v) is 8.98. The number of phosphoric acid groups is 1. The van der Waals surface area contributed by atoms with Gasteiger partial charge in [-0.1, -0.05) is 30.3 Å². The van der Waals surface area contributed by atoms with Crippen molar-refractivity contribution in [1.29, 1.82) is 0 Å². The third kappa shape index (κ3) is 12.9. The van der Waals surface area contributed by atoms with Gasteiger partial charge in [0.15, 0.2) is 36.8 Å². The summed E-state index contributed by atoms with van der Waals surface area (Å²) in [5, 5.41) is 1.43. The minimum absolute atomic E-state index is 0.109. The fourth-order valence-electron chi connectivity index (χ4n) is 6.07. The van der Waals surface area contributed by atoms with Crippen LogP contribution in [0.4, 0.5) is 0 Å². The maximum absolute atomic E-state index is 13.5. The molecule has 318 valence electrons. The van der Waals surface area contributed by atoms with E-state index in [0.717, 1.165) is 53.9 Å². The van der Waals surface area contributed by atoms with Gasteiger partial charge in [-0.15, -0.1) is 0 Å². The second-order valence-electron chi connectivity index (χ2n) is 12.8. The summed E-state index contributed by atoms with van der Waals surface area (Å²) >= 11 is 0. The number of ether oxygens (including phenoxy) is 10. The first kappa shape index (κ1) is 45.5. The molecule has 1 N–H and O–H groups in total. The van der Waals surface area contributed by atoms with Gasteiger partial charge in [0.05, 0.1) is 0 Å². The molecule has 2 aromatic rings. The summed E-state index contributed by atoms with van der Waals surface area (Å²) in [6, 6.07) is 11.5. The number of hydrogen-bond donors (Lipinski definition) is 1. The van der Waals surface area contributed by atoms with Crippen molar-refractivity contribution in [3.8, 4) is 5.75 Å². The van der Waals surface area contributed by atoms with Crippen LogP contribution in [0.2, 0.25) is 0 Å². The van der Waals surface area contributed by atoms with Crippen molar-refractivity contribution in [3.05, 3.63) is 42.5 Å². The number of rotatable bonds is 15. The number of hydrogen-bond acceptors (Lipinski definition) is 20. The van der Waals surface area contributed by atoms with Gasteiger partial charge in [0.25, 0.3) is 0 Å². The van der Waals surface area contributed by atoms with Gasteiger partial charge in [0.2, 0.25) is 6.29 Å². The van der Waals surface area contributed by atoms with E-state index in [1.807, 2.05) is 0 Å². The number of phosphoric ester groups is 1. The summed E-state index contributed by atoms with van der Waals surface area (Å²) < 4.78 is 80.0. The molecule has 2 aromatic carbocycles. The smallest absolute Gasteiger partial charge is 0.463 e. The Morgan fingerprint density at radius 3 is 1.50 bits per heavy atom. The topological polar surface area (TPSA) is 268 Å². The number of benzene rings is 2. The summed E-state index contributed by atoms with van der Waals surface area (Å²) in [4.78, 5) is 97.0. The van der Waals surface area contributed by atoms with Crippen LogP contribution in [-0.4, -0.2) is 121 Å². The van der Waals surface area contributed by atoms with Gasteiger partial charge in [-0.05, 0) is 22.9 Å². The van der Waals surface area contributed by atoms with Gasteiger partial charge in [-0.3, -0.25) is 38.5 Å². The average Bonchev–Trinajstić information content (AvgIpc) is 3.10. The van der Waals surface area contributed by atoms with Crippen LogP contribution in [0.25, 0.3) is 10.8 Å². The molecule has 21 nitrogen and oxygen atoms in total. The maximum atomic E-state index is 13.5. The minimum Gasteiger partial charge on any atom is -0.463 e. The number of carbonyl (C=O) groups excluding carboxylic acids is 7. The first-order chi connectivity index (χ1) is 27.2. The summed E-state index contributed by atoms with van der Waals surface area (Å²) in [5.74, 6) is -6.66.